The van der Waals surface area contributed by atoms with E-state index in [0.29, 0.717) is 0 Å². The molecule has 33 heavy (non-hydrogen) atoms. The summed E-state index contributed by atoms with van der Waals surface area (Å²) < 4.78 is 63.0. The summed E-state index contributed by atoms with van der Waals surface area (Å²) >= 11 is 0. The Morgan fingerprint density at radius 2 is 1.58 bits per heavy atom. The van der Waals surface area contributed by atoms with E-state index in [1.54, 1.807) is 19.1 Å². The summed E-state index contributed by atoms with van der Waals surface area (Å²) in [5, 5.41) is -0.0704. The van der Waals surface area contributed by atoms with Crippen molar-refractivity contribution >= 4 is 11.0 Å². The fraction of sp³-hybridized carbons (Fsp3) is 0.160. The van der Waals surface area contributed by atoms with E-state index in [-0.39, 0.29) is 41.4 Å². The minimum Gasteiger partial charge on any atom is -0.490 e. The molecule has 0 saturated heterocycles. The van der Waals surface area contributed by atoms with Crippen LogP contribution in [0, 0.1) is 0 Å². The van der Waals surface area contributed by atoms with Crippen molar-refractivity contribution in [1.29, 1.82) is 0 Å². The van der Waals surface area contributed by atoms with Gasteiger partial charge in [0.25, 0.3) is 5.76 Å². The van der Waals surface area contributed by atoms with Gasteiger partial charge in [-0.15, -0.1) is 0 Å². The fourth-order valence-electron chi connectivity index (χ4n) is 3.19. The zero-order chi connectivity index (χ0) is 23.4. The van der Waals surface area contributed by atoms with Gasteiger partial charge in [0.2, 0.25) is 11.2 Å². The normalized spacial score (nSPS) is 11.4. The number of halogens is 3. The molecule has 4 aromatic rings. The number of benzene rings is 3. The van der Waals surface area contributed by atoms with Gasteiger partial charge in [-0.25, -0.2) is 0 Å². The van der Waals surface area contributed by atoms with E-state index in [9.17, 15) is 18.0 Å². The van der Waals surface area contributed by atoms with Gasteiger partial charge >= 0.3 is 6.18 Å². The van der Waals surface area contributed by atoms with Gasteiger partial charge in [-0.1, -0.05) is 42.5 Å². The molecule has 0 aliphatic heterocycles. The minimum absolute atomic E-state index is 0.0284. The van der Waals surface area contributed by atoms with E-state index in [4.69, 9.17) is 18.6 Å². The van der Waals surface area contributed by atoms with Gasteiger partial charge in [-0.2, -0.15) is 13.2 Å². The maximum absolute atomic E-state index is 13.8. The van der Waals surface area contributed by atoms with Crippen LogP contribution in [0.1, 0.15) is 18.2 Å². The lowest BCUT2D eigenvalue weighted by Gasteiger charge is -2.15. The fourth-order valence-corrected chi connectivity index (χ4v) is 3.19. The molecule has 0 saturated carbocycles. The molecule has 0 N–H and O–H groups in total. The molecular formula is C25H19F3O5. The van der Waals surface area contributed by atoms with Crippen molar-refractivity contribution in [2.24, 2.45) is 0 Å². The average Bonchev–Trinajstić information content (AvgIpc) is 2.80. The first-order valence-electron chi connectivity index (χ1n) is 10.1. The quantitative estimate of drug-likeness (QED) is 0.314. The van der Waals surface area contributed by atoms with Crippen LogP contribution < -0.4 is 19.6 Å². The van der Waals surface area contributed by atoms with Gasteiger partial charge in [-0.3, -0.25) is 4.79 Å². The second-order valence-corrected chi connectivity index (χ2v) is 7.00. The van der Waals surface area contributed by atoms with Crippen molar-refractivity contribution < 1.29 is 31.8 Å². The number of fused-ring (bicyclic) bond motifs is 1. The van der Waals surface area contributed by atoms with Crippen molar-refractivity contribution in [3.8, 4) is 23.0 Å². The molecule has 0 aliphatic carbocycles. The molecule has 0 unspecified atom stereocenters. The number of rotatable bonds is 7. The van der Waals surface area contributed by atoms with E-state index < -0.39 is 23.1 Å². The molecule has 0 amide bonds. The van der Waals surface area contributed by atoms with Gasteiger partial charge in [-0.05, 0) is 36.8 Å². The molecule has 3 aromatic carbocycles. The van der Waals surface area contributed by atoms with Crippen LogP contribution in [-0.4, -0.2) is 6.61 Å². The van der Waals surface area contributed by atoms with Crippen LogP contribution in [-0.2, 0) is 12.8 Å². The van der Waals surface area contributed by atoms with Crippen LogP contribution in [0.15, 0.2) is 82.0 Å². The molecule has 0 bridgehead atoms. The first-order valence-corrected chi connectivity index (χ1v) is 10.1. The number of hydrogen-bond donors (Lipinski definition) is 0. The largest absolute Gasteiger partial charge is 0.490 e. The molecule has 170 valence electrons. The summed E-state index contributed by atoms with van der Waals surface area (Å²) in [7, 11) is 0. The van der Waals surface area contributed by atoms with Gasteiger partial charge in [0, 0.05) is 6.07 Å². The number of hydrogen-bond acceptors (Lipinski definition) is 5. The van der Waals surface area contributed by atoms with E-state index in [1.807, 2.05) is 30.3 Å². The smallest absolute Gasteiger partial charge is 0.453 e. The lowest BCUT2D eigenvalue weighted by atomic mass is 10.2. The maximum Gasteiger partial charge on any atom is 0.453 e. The maximum atomic E-state index is 13.8. The molecule has 8 heteroatoms. The van der Waals surface area contributed by atoms with Crippen molar-refractivity contribution in [3.63, 3.8) is 0 Å². The third kappa shape index (κ3) is 4.95. The molecular weight excluding hydrogens is 437 g/mol. The highest BCUT2D eigenvalue weighted by atomic mass is 19.4. The highest BCUT2D eigenvalue weighted by Gasteiger charge is 2.40. The Morgan fingerprint density at radius 3 is 2.27 bits per heavy atom. The highest BCUT2D eigenvalue weighted by Crippen LogP contribution is 2.40. The predicted octanol–water partition coefficient (Wildman–Crippen LogP) is 6.58. The number of para-hydroxylation sites is 2. The van der Waals surface area contributed by atoms with Gasteiger partial charge in [0.15, 0.2) is 11.5 Å². The van der Waals surface area contributed by atoms with E-state index in [2.05, 4.69) is 0 Å². The molecule has 0 fully saturated rings. The first-order chi connectivity index (χ1) is 15.9. The third-order valence-electron chi connectivity index (χ3n) is 4.69. The average molecular weight is 456 g/mol. The molecule has 1 aromatic heterocycles. The molecule has 1 heterocycles. The standard InChI is InChI=1S/C25H19F3O5/c1-2-30-19-10-6-7-11-20(19)32-23-22(29)18-13-12-17(31-15-16-8-4-3-5-9-16)14-21(18)33-24(23)25(26,27)28/h3-14H,2,15H2,1H3. The van der Waals surface area contributed by atoms with Gasteiger partial charge in [0.1, 0.15) is 17.9 Å². The topological polar surface area (TPSA) is 57.9 Å². The highest BCUT2D eigenvalue weighted by molar-refractivity contribution is 5.79. The van der Waals surface area contributed by atoms with Crippen LogP contribution in [0.5, 0.6) is 23.0 Å². The predicted molar refractivity (Wildman–Crippen MR) is 116 cm³/mol. The van der Waals surface area contributed by atoms with Crippen LogP contribution in [0.4, 0.5) is 13.2 Å². The van der Waals surface area contributed by atoms with Crippen LogP contribution >= 0.6 is 0 Å². The zero-order valence-electron chi connectivity index (χ0n) is 17.5. The Labute approximate surface area is 186 Å². The first kappa shape index (κ1) is 22.3. The lowest BCUT2D eigenvalue weighted by molar-refractivity contribution is -0.154. The SMILES string of the molecule is CCOc1ccccc1Oc1c(C(F)(F)F)oc2cc(OCc3ccccc3)ccc2c1=O. The van der Waals surface area contributed by atoms with Gasteiger partial charge in [0.05, 0.1) is 12.0 Å². The Morgan fingerprint density at radius 1 is 0.879 bits per heavy atom. The summed E-state index contributed by atoms with van der Waals surface area (Å²) in [6, 6.07) is 19.5. The van der Waals surface area contributed by atoms with Crippen LogP contribution in [0.2, 0.25) is 0 Å². The summed E-state index contributed by atoms with van der Waals surface area (Å²) in [5.41, 5.74) is -0.334. The molecule has 0 spiro atoms. The Kier molecular flexibility index (Phi) is 6.26. The molecule has 4 rings (SSSR count). The molecule has 0 aliphatic rings. The summed E-state index contributed by atoms with van der Waals surface area (Å²) in [6.45, 7) is 2.20. The van der Waals surface area contributed by atoms with Crippen LogP contribution in [0.25, 0.3) is 11.0 Å². The Bertz CT molecular complexity index is 1310. The second kappa shape index (κ2) is 9.28. The number of ether oxygens (including phenoxy) is 3. The minimum atomic E-state index is -4.97. The zero-order valence-corrected chi connectivity index (χ0v) is 17.5. The summed E-state index contributed by atoms with van der Waals surface area (Å²) in [6.07, 6.45) is -4.97. The van der Waals surface area contributed by atoms with E-state index in [1.165, 1.54) is 30.3 Å². The van der Waals surface area contributed by atoms with Crippen molar-refractivity contribution in [2.45, 2.75) is 19.7 Å². The lowest BCUT2D eigenvalue weighted by Crippen LogP contribution is -2.15. The monoisotopic (exact) mass is 456 g/mol. The molecule has 0 radical (unpaired) electrons. The summed E-state index contributed by atoms with van der Waals surface area (Å²) in [4.78, 5) is 13.0. The van der Waals surface area contributed by atoms with Crippen molar-refractivity contribution in [1.82, 2.24) is 0 Å². The van der Waals surface area contributed by atoms with Crippen molar-refractivity contribution in [2.75, 3.05) is 6.61 Å². The Balaban J connectivity index is 1.75. The summed E-state index contributed by atoms with van der Waals surface area (Å²) in [5.74, 6) is -2.05. The van der Waals surface area contributed by atoms with Gasteiger partial charge < -0.3 is 18.6 Å². The number of alkyl halides is 3. The van der Waals surface area contributed by atoms with E-state index in [0.717, 1.165) is 5.56 Å². The second-order valence-electron chi connectivity index (χ2n) is 7.00. The Hall–Kier alpha value is -3.94. The van der Waals surface area contributed by atoms with Crippen LogP contribution in [0.3, 0.4) is 0 Å². The van der Waals surface area contributed by atoms with Crippen molar-refractivity contribution in [3.05, 3.63) is 94.3 Å². The third-order valence-corrected chi connectivity index (χ3v) is 4.69. The molecule has 0 atom stereocenters. The molecule has 5 nitrogen and oxygen atoms in total. The van der Waals surface area contributed by atoms with E-state index >= 15 is 0 Å².